The number of nitrogens with zero attached hydrogens (tertiary/aromatic N) is 4. The first-order valence-electron chi connectivity index (χ1n) is 8.89. The molecule has 0 saturated carbocycles. The van der Waals surface area contributed by atoms with Gasteiger partial charge in [-0.3, -0.25) is 9.89 Å². The number of hydrogen-bond acceptors (Lipinski definition) is 6. The summed E-state index contributed by atoms with van der Waals surface area (Å²) in [6, 6.07) is 10.0. The highest BCUT2D eigenvalue weighted by atomic mass is 16.5. The normalized spacial score (nSPS) is 13.6. The van der Waals surface area contributed by atoms with Gasteiger partial charge in [-0.15, -0.1) is 0 Å². The van der Waals surface area contributed by atoms with Crippen LogP contribution in [0.2, 0.25) is 0 Å². The number of aromatic nitrogens is 4. The molecule has 1 amide bonds. The Morgan fingerprint density at radius 3 is 2.96 bits per heavy atom. The number of fused-ring (bicyclic) bond motifs is 1. The zero-order valence-corrected chi connectivity index (χ0v) is 15.1. The van der Waals surface area contributed by atoms with Gasteiger partial charge in [-0.25, -0.2) is 9.97 Å². The lowest BCUT2D eigenvalue weighted by Crippen LogP contribution is -2.37. The minimum absolute atomic E-state index is 0.0118. The standard InChI is InChI=1S/C19H21N5O3/c1-26-12-18-20-14-11-24(8-7-15(14)27-18)19(25)10-17-21-16(22-23-17)9-13-5-3-2-4-6-13/h2-6H,7-12H2,1H3,(H,21,22,23). The summed E-state index contributed by atoms with van der Waals surface area (Å²) < 4.78 is 10.7. The van der Waals surface area contributed by atoms with Crippen LogP contribution in [0.1, 0.15) is 34.6 Å². The lowest BCUT2D eigenvalue weighted by Gasteiger charge is -2.24. The number of nitrogens with one attached hydrogen (secondary N) is 1. The predicted molar refractivity (Wildman–Crippen MR) is 95.7 cm³/mol. The van der Waals surface area contributed by atoms with Crippen LogP contribution in [0.4, 0.5) is 0 Å². The average Bonchev–Trinajstić information content (AvgIpc) is 3.28. The van der Waals surface area contributed by atoms with Crippen LogP contribution in [-0.2, 0) is 41.9 Å². The second kappa shape index (κ2) is 7.71. The Bertz CT molecular complexity index is 919. The first-order valence-corrected chi connectivity index (χ1v) is 8.89. The largest absolute Gasteiger partial charge is 0.443 e. The maximum Gasteiger partial charge on any atom is 0.230 e. The van der Waals surface area contributed by atoms with Crippen LogP contribution in [0, 0.1) is 0 Å². The van der Waals surface area contributed by atoms with Crippen LogP contribution in [0.25, 0.3) is 0 Å². The molecule has 3 heterocycles. The third-order valence-corrected chi connectivity index (χ3v) is 4.49. The van der Waals surface area contributed by atoms with Gasteiger partial charge in [0.05, 0.1) is 13.0 Å². The maximum absolute atomic E-state index is 12.6. The maximum atomic E-state index is 12.6. The molecular weight excluding hydrogens is 346 g/mol. The first-order chi connectivity index (χ1) is 13.2. The second-order valence-electron chi connectivity index (χ2n) is 6.51. The van der Waals surface area contributed by atoms with Crippen molar-refractivity contribution in [2.75, 3.05) is 13.7 Å². The molecule has 0 aliphatic carbocycles. The SMILES string of the molecule is COCc1nc2c(o1)CCN(C(=O)Cc1n[nH]c(Cc3ccccc3)n1)C2. The molecule has 3 aromatic rings. The summed E-state index contributed by atoms with van der Waals surface area (Å²) >= 11 is 0. The van der Waals surface area contributed by atoms with Crippen LogP contribution in [0.15, 0.2) is 34.7 Å². The fraction of sp³-hybridized carbons (Fsp3) is 0.368. The molecule has 0 fully saturated rings. The zero-order valence-electron chi connectivity index (χ0n) is 15.1. The third kappa shape index (κ3) is 4.06. The van der Waals surface area contributed by atoms with E-state index in [1.54, 1.807) is 12.0 Å². The molecule has 0 radical (unpaired) electrons. The van der Waals surface area contributed by atoms with Gasteiger partial charge in [0, 0.05) is 26.5 Å². The molecule has 140 valence electrons. The van der Waals surface area contributed by atoms with Gasteiger partial charge in [0.25, 0.3) is 0 Å². The van der Waals surface area contributed by atoms with E-state index in [9.17, 15) is 4.79 Å². The molecule has 0 spiro atoms. The summed E-state index contributed by atoms with van der Waals surface area (Å²) in [7, 11) is 1.60. The Balaban J connectivity index is 1.36. The van der Waals surface area contributed by atoms with Crippen molar-refractivity contribution in [2.24, 2.45) is 0 Å². The number of rotatable bonds is 6. The van der Waals surface area contributed by atoms with Gasteiger partial charge >= 0.3 is 0 Å². The highest BCUT2D eigenvalue weighted by molar-refractivity contribution is 5.78. The Morgan fingerprint density at radius 1 is 1.30 bits per heavy atom. The topological polar surface area (TPSA) is 97.1 Å². The van der Waals surface area contributed by atoms with Crippen molar-refractivity contribution >= 4 is 5.91 Å². The molecule has 4 rings (SSSR count). The van der Waals surface area contributed by atoms with E-state index in [1.807, 2.05) is 30.3 Å². The lowest BCUT2D eigenvalue weighted by molar-refractivity contribution is -0.131. The molecule has 8 nitrogen and oxygen atoms in total. The van der Waals surface area contributed by atoms with E-state index in [0.29, 0.717) is 44.3 Å². The summed E-state index contributed by atoms with van der Waals surface area (Å²) in [4.78, 5) is 23.3. The van der Waals surface area contributed by atoms with Crippen molar-refractivity contribution in [3.05, 3.63) is 64.9 Å². The van der Waals surface area contributed by atoms with E-state index < -0.39 is 0 Å². The monoisotopic (exact) mass is 367 g/mol. The molecular formula is C19H21N5O3. The number of aromatic amines is 1. The zero-order chi connectivity index (χ0) is 18.6. The Labute approximate surface area is 156 Å². The van der Waals surface area contributed by atoms with Crippen molar-refractivity contribution < 1.29 is 13.9 Å². The van der Waals surface area contributed by atoms with Crippen molar-refractivity contribution in [3.63, 3.8) is 0 Å². The average molecular weight is 367 g/mol. The van der Waals surface area contributed by atoms with Crippen molar-refractivity contribution in [2.45, 2.75) is 32.4 Å². The van der Waals surface area contributed by atoms with E-state index in [2.05, 4.69) is 20.2 Å². The summed E-state index contributed by atoms with van der Waals surface area (Å²) in [5.41, 5.74) is 1.95. The van der Waals surface area contributed by atoms with Crippen molar-refractivity contribution in [1.29, 1.82) is 0 Å². The van der Waals surface area contributed by atoms with Crippen LogP contribution < -0.4 is 0 Å². The summed E-state index contributed by atoms with van der Waals surface area (Å²) in [5.74, 6) is 2.65. The van der Waals surface area contributed by atoms with Gasteiger partial charge < -0.3 is 14.1 Å². The van der Waals surface area contributed by atoms with Gasteiger partial charge in [0.15, 0.2) is 5.82 Å². The first kappa shape index (κ1) is 17.4. The van der Waals surface area contributed by atoms with Crippen LogP contribution in [-0.4, -0.2) is 44.6 Å². The summed E-state index contributed by atoms with van der Waals surface area (Å²) in [6.07, 6.45) is 1.49. The number of ether oxygens (including phenoxy) is 1. The molecule has 2 aromatic heterocycles. The van der Waals surface area contributed by atoms with E-state index in [4.69, 9.17) is 9.15 Å². The highest BCUT2D eigenvalue weighted by Crippen LogP contribution is 2.20. The summed E-state index contributed by atoms with van der Waals surface area (Å²) in [5, 5.41) is 7.11. The van der Waals surface area contributed by atoms with Gasteiger partial charge in [-0.2, -0.15) is 5.10 Å². The van der Waals surface area contributed by atoms with Gasteiger partial charge in [-0.1, -0.05) is 30.3 Å². The molecule has 0 saturated heterocycles. The van der Waals surface area contributed by atoms with Gasteiger partial charge in [0.2, 0.25) is 11.8 Å². The number of methoxy groups -OCH3 is 1. The number of H-pyrrole nitrogens is 1. The molecule has 1 aliphatic rings. The molecule has 8 heteroatoms. The fourth-order valence-electron chi connectivity index (χ4n) is 3.18. The van der Waals surface area contributed by atoms with E-state index in [1.165, 1.54) is 0 Å². The molecule has 1 aliphatic heterocycles. The highest BCUT2D eigenvalue weighted by Gasteiger charge is 2.26. The van der Waals surface area contributed by atoms with Gasteiger partial charge in [-0.05, 0) is 5.56 Å². The number of hydrogen-bond donors (Lipinski definition) is 1. The Kier molecular flexibility index (Phi) is 4.97. The number of carbonyl (C=O) groups excluding carboxylic acids is 1. The summed E-state index contributed by atoms with van der Waals surface area (Å²) in [6.45, 7) is 1.39. The Hall–Kier alpha value is -3.00. The van der Waals surface area contributed by atoms with Crippen molar-refractivity contribution in [3.8, 4) is 0 Å². The second-order valence-corrected chi connectivity index (χ2v) is 6.51. The number of benzene rings is 1. The number of carbonyl (C=O) groups is 1. The molecule has 0 bridgehead atoms. The minimum Gasteiger partial charge on any atom is -0.443 e. The van der Waals surface area contributed by atoms with Crippen LogP contribution >= 0.6 is 0 Å². The number of oxazole rings is 1. The smallest absolute Gasteiger partial charge is 0.230 e. The van der Waals surface area contributed by atoms with Crippen molar-refractivity contribution in [1.82, 2.24) is 25.1 Å². The number of amides is 1. The molecule has 0 atom stereocenters. The lowest BCUT2D eigenvalue weighted by atomic mass is 10.1. The molecule has 1 aromatic carbocycles. The van der Waals surface area contributed by atoms with Crippen LogP contribution in [0.5, 0.6) is 0 Å². The van der Waals surface area contributed by atoms with Gasteiger partial charge in [0.1, 0.15) is 23.9 Å². The molecule has 1 N–H and O–H groups in total. The quantitative estimate of drug-likeness (QED) is 0.712. The molecule has 0 unspecified atom stereocenters. The Morgan fingerprint density at radius 2 is 2.15 bits per heavy atom. The fourth-order valence-corrected chi connectivity index (χ4v) is 3.18. The predicted octanol–water partition coefficient (Wildman–Crippen LogP) is 1.66. The van der Waals surface area contributed by atoms with E-state index in [-0.39, 0.29) is 12.3 Å². The van der Waals surface area contributed by atoms with E-state index in [0.717, 1.165) is 22.8 Å². The molecule has 27 heavy (non-hydrogen) atoms. The minimum atomic E-state index is -0.0118. The third-order valence-electron chi connectivity index (χ3n) is 4.49. The van der Waals surface area contributed by atoms with Crippen LogP contribution in [0.3, 0.4) is 0 Å². The van der Waals surface area contributed by atoms with E-state index >= 15 is 0 Å².